The fraction of sp³-hybridized carbons (Fsp3) is 0.125. The van der Waals surface area contributed by atoms with Gasteiger partial charge in [-0.25, -0.2) is 0 Å². The molecule has 2 rings (SSSR count). The molecular formula is C8H8NO. The number of rotatable bonds is 0. The van der Waals surface area contributed by atoms with Gasteiger partial charge in [0.1, 0.15) is 5.75 Å². The topological polar surface area (TPSA) is 21.3 Å². The second-order valence-corrected chi connectivity index (χ2v) is 2.28. The molecule has 0 saturated carbocycles. The van der Waals surface area contributed by atoms with E-state index < -0.39 is 0 Å². The quantitative estimate of drug-likeness (QED) is 0.586. The van der Waals surface area contributed by atoms with Gasteiger partial charge in [0.15, 0.2) is 0 Å². The number of ether oxygens (including phenoxy) is 1. The zero-order valence-electron chi connectivity index (χ0n) is 5.72. The Balaban J connectivity index is 2.42. The predicted molar refractivity (Wildman–Crippen MR) is 39.6 cm³/mol. The van der Waals surface area contributed by atoms with Gasteiger partial charge >= 0.3 is 0 Å². The van der Waals surface area contributed by atoms with Crippen LogP contribution in [0.4, 0.5) is 5.69 Å². The summed E-state index contributed by atoms with van der Waals surface area (Å²) in [6.45, 7) is 1.90. The van der Waals surface area contributed by atoms with Gasteiger partial charge < -0.3 is 10.1 Å². The van der Waals surface area contributed by atoms with Crippen molar-refractivity contribution >= 4 is 5.69 Å². The molecule has 1 heterocycles. The summed E-state index contributed by atoms with van der Waals surface area (Å²) in [5, 5.41) is 3.09. The van der Waals surface area contributed by atoms with Crippen molar-refractivity contribution in [2.75, 3.05) is 5.32 Å². The van der Waals surface area contributed by atoms with Crippen LogP contribution in [0.2, 0.25) is 0 Å². The van der Waals surface area contributed by atoms with Gasteiger partial charge in [-0.15, -0.1) is 0 Å². The van der Waals surface area contributed by atoms with Crippen molar-refractivity contribution in [3.63, 3.8) is 0 Å². The highest BCUT2D eigenvalue weighted by Gasteiger charge is 2.17. The number of hydrogen-bond acceptors (Lipinski definition) is 2. The van der Waals surface area contributed by atoms with Gasteiger partial charge in [-0.1, -0.05) is 12.1 Å². The lowest BCUT2D eigenvalue weighted by atomic mass is 10.3. The molecule has 1 aliphatic rings. The van der Waals surface area contributed by atoms with Gasteiger partial charge in [-0.2, -0.15) is 0 Å². The summed E-state index contributed by atoms with van der Waals surface area (Å²) in [5.41, 5.74) is 1.06. The van der Waals surface area contributed by atoms with Gasteiger partial charge in [0, 0.05) is 6.92 Å². The smallest absolute Gasteiger partial charge is 0.236 e. The molecule has 51 valence electrons. The van der Waals surface area contributed by atoms with E-state index in [0.29, 0.717) is 0 Å². The maximum Gasteiger partial charge on any atom is 0.236 e. The lowest BCUT2D eigenvalue weighted by Gasteiger charge is -1.97. The number of para-hydroxylation sites is 2. The largest absolute Gasteiger partial charge is 0.460 e. The van der Waals surface area contributed by atoms with Crippen LogP contribution in [0.15, 0.2) is 24.3 Å². The third-order valence-corrected chi connectivity index (χ3v) is 1.46. The Morgan fingerprint density at radius 2 is 2.10 bits per heavy atom. The van der Waals surface area contributed by atoms with Gasteiger partial charge in [0.05, 0.1) is 5.69 Å². The highest BCUT2D eigenvalue weighted by atomic mass is 16.5. The first kappa shape index (κ1) is 5.59. The molecule has 1 aromatic rings. The van der Waals surface area contributed by atoms with Gasteiger partial charge in [0.2, 0.25) is 6.23 Å². The molecule has 0 amide bonds. The molecule has 1 radical (unpaired) electrons. The second-order valence-electron chi connectivity index (χ2n) is 2.28. The first-order valence-corrected chi connectivity index (χ1v) is 3.24. The molecule has 2 nitrogen and oxygen atoms in total. The van der Waals surface area contributed by atoms with Crippen molar-refractivity contribution in [3.8, 4) is 5.75 Å². The fourth-order valence-electron chi connectivity index (χ4n) is 1.04. The Hall–Kier alpha value is -1.18. The van der Waals surface area contributed by atoms with Crippen molar-refractivity contribution in [2.24, 2.45) is 0 Å². The van der Waals surface area contributed by atoms with Crippen LogP contribution in [0.1, 0.15) is 6.92 Å². The molecule has 0 aliphatic carbocycles. The average Bonchev–Trinajstić information content (AvgIpc) is 2.27. The molecule has 2 heteroatoms. The van der Waals surface area contributed by atoms with E-state index in [-0.39, 0.29) is 0 Å². The SMILES string of the molecule is C[C]1Nc2ccccc2O1. The van der Waals surface area contributed by atoms with Gasteiger partial charge in [-0.05, 0) is 12.1 Å². The molecule has 0 fully saturated rings. The summed E-state index contributed by atoms with van der Waals surface area (Å²) in [5.74, 6) is 0.917. The molecule has 1 aliphatic heterocycles. The molecule has 0 unspecified atom stereocenters. The van der Waals surface area contributed by atoms with Crippen LogP contribution in [-0.4, -0.2) is 0 Å². The Morgan fingerprint density at radius 1 is 1.30 bits per heavy atom. The van der Waals surface area contributed by atoms with Crippen LogP contribution >= 0.6 is 0 Å². The van der Waals surface area contributed by atoms with E-state index in [4.69, 9.17) is 4.74 Å². The summed E-state index contributed by atoms with van der Waals surface area (Å²) in [7, 11) is 0. The first-order valence-electron chi connectivity index (χ1n) is 3.24. The normalized spacial score (nSPS) is 15.7. The molecule has 1 N–H and O–H groups in total. The molecule has 0 atom stereocenters. The van der Waals surface area contributed by atoms with E-state index in [1.54, 1.807) is 0 Å². The number of fused-ring (bicyclic) bond motifs is 1. The minimum absolute atomic E-state index is 0.848. The lowest BCUT2D eigenvalue weighted by molar-refractivity contribution is 0.376. The van der Waals surface area contributed by atoms with Crippen molar-refractivity contribution in [1.82, 2.24) is 0 Å². The van der Waals surface area contributed by atoms with Crippen LogP contribution in [0.5, 0.6) is 5.75 Å². The standard InChI is InChI=1S/C8H8NO/c1-6-9-7-4-2-3-5-8(7)10-6/h2-5,9H,1H3. The monoisotopic (exact) mass is 134 g/mol. The summed E-state index contributed by atoms with van der Waals surface area (Å²) in [6.07, 6.45) is 0.848. The van der Waals surface area contributed by atoms with Crippen molar-refractivity contribution in [2.45, 2.75) is 6.92 Å². The number of anilines is 1. The molecule has 0 saturated heterocycles. The Bertz CT molecular complexity index is 222. The molecule has 0 spiro atoms. The Kier molecular flexibility index (Phi) is 1.07. The molecule has 1 aromatic carbocycles. The summed E-state index contributed by atoms with van der Waals surface area (Å²) < 4.78 is 5.31. The van der Waals surface area contributed by atoms with Gasteiger partial charge in [0.25, 0.3) is 0 Å². The minimum atomic E-state index is 0.848. The zero-order valence-corrected chi connectivity index (χ0v) is 5.72. The van der Waals surface area contributed by atoms with Crippen LogP contribution in [0, 0.1) is 6.23 Å². The van der Waals surface area contributed by atoms with E-state index in [9.17, 15) is 0 Å². The van der Waals surface area contributed by atoms with E-state index in [1.165, 1.54) is 0 Å². The maximum absolute atomic E-state index is 5.31. The van der Waals surface area contributed by atoms with Crippen LogP contribution in [0.3, 0.4) is 0 Å². The third-order valence-electron chi connectivity index (χ3n) is 1.46. The highest BCUT2D eigenvalue weighted by molar-refractivity contribution is 5.61. The van der Waals surface area contributed by atoms with Crippen molar-refractivity contribution in [1.29, 1.82) is 0 Å². The lowest BCUT2D eigenvalue weighted by Crippen LogP contribution is -2.02. The first-order chi connectivity index (χ1) is 4.86. The van der Waals surface area contributed by atoms with Crippen molar-refractivity contribution in [3.05, 3.63) is 30.5 Å². The van der Waals surface area contributed by atoms with E-state index >= 15 is 0 Å². The van der Waals surface area contributed by atoms with Crippen molar-refractivity contribution < 1.29 is 4.74 Å². The molecule has 0 aromatic heterocycles. The highest BCUT2D eigenvalue weighted by Crippen LogP contribution is 2.33. The summed E-state index contributed by atoms with van der Waals surface area (Å²) >= 11 is 0. The fourth-order valence-corrected chi connectivity index (χ4v) is 1.04. The van der Waals surface area contributed by atoms with Crippen LogP contribution < -0.4 is 10.1 Å². The summed E-state index contributed by atoms with van der Waals surface area (Å²) in [4.78, 5) is 0. The zero-order chi connectivity index (χ0) is 6.97. The molecule has 0 bridgehead atoms. The Labute approximate surface area is 59.8 Å². The van der Waals surface area contributed by atoms with Gasteiger partial charge in [-0.3, -0.25) is 0 Å². The molecule has 10 heavy (non-hydrogen) atoms. The van der Waals surface area contributed by atoms with Crippen LogP contribution in [0.25, 0.3) is 0 Å². The number of benzene rings is 1. The van der Waals surface area contributed by atoms with E-state index in [2.05, 4.69) is 5.32 Å². The second kappa shape index (κ2) is 1.90. The Morgan fingerprint density at radius 3 is 2.90 bits per heavy atom. The number of hydrogen-bond donors (Lipinski definition) is 1. The minimum Gasteiger partial charge on any atom is -0.460 e. The predicted octanol–water partition coefficient (Wildman–Crippen LogP) is 2.00. The average molecular weight is 134 g/mol. The summed E-state index contributed by atoms with van der Waals surface area (Å²) in [6, 6.07) is 7.87. The third kappa shape index (κ3) is 0.727. The number of nitrogens with one attached hydrogen (secondary N) is 1. The van der Waals surface area contributed by atoms with Crippen LogP contribution in [-0.2, 0) is 0 Å². The van der Waals surface area contributed by atoms with E-state index in [0.717, 1.165) is 17.7 Å². The van der Waals surface area contributed by atoms with E-state index in [1.807, 2.05) is 31.2 Å². The maximum atomic E-state index is 5.31. The molecular weight excluding hydrogens is 126 g/mol.